The van der Waals surface area contributed by atoms with Crippen LogP contribution >= 0.6 is 0 Å². The second-order valence-electron chi connectivity index (χ2n) is 9.92. The molecule has 1 saturated heterocycles. The molecule has 2 aliphatic rings. The van der Waals surface area contributed by atoms with Crippen LogP contribution in [0.15, 0.2) is 36.4 Å². The number of likely N-dealkylation sites (N-methyl/N-ethyl adjacent to an activating group) is 1. The molecule has 1 fully saturated rings. The highest BCUT2D eigenvalue weighted by atomic mass is 19.1. The van der Waals surface area contributed by atoms with Crippen molar-refractivity contribution in [2.75, 3.05) is 31.3 Å². The first-order chi connectivity index (χ1) is 19.0. The molecule has 4 rings (SSSR count). The van der Waals surface area contributed by atoms with Gasteiger partial charge in [-0.1, -0.05) is 12.1 Å². The number of nitrogen functional groups attached to an aromatic ring is 1. The molecule has 4 amide bonds. The number of carbonyl (C=O) groups is 4. The van der Waals surface area contributed by atoms with Gasteiger partial charge in [0.1, 0.15) is 35.4 Å². The van der Waals surface area contributed by atoms with Crippen molar-refractivity contribution in [2.45, 2.75) is 44.4 Å². The first kappa shape index (κ1) is 28.7. The van der Waals surface area contributed by atoms with Crippen LogP contribution in [0.4, 0.5) is 25.0 Å². The molecule has 214 valence electrons. The molecule has 2 aliphatic heterocycles. The van der Waals surface area contributed by atoms with Crippen LogP contribution < -0.4 is 16.4 Å². The van der Waals surface area contributed by atoms with E-state index in [1.165, 1.54) is 18.9 Å². The average Bonchev–Trinajstić information content (AvgIpc) is 3.31. The Morgan fingerprint density at radius 1 is 1.12 bits per heavy atom. The topological polar surface area (TPSA) is 154 Å². The highest BCUT2D eigenvalue weighted by Gasteiger charge is 2.44. The monoisotopic (exact) mass is 559 g/mol. The van der Waals surface area contributed by atoms with Crippen LogP contribution in [-0.2, 0) is 25.7 Å². The Labute approximate surface area is 229 Å². The molecule has 0 unspecified atom stereocenters. The second kappa shape index (κ2) is 11.9. The van der Waals surface area contributed by atoms with Gasteiger partial charge in [0.15, 0.2) is 0 Å². The fourth-order valence-electron chi connectivity index (χ4n) is 4.99. The summed E-state index contributed by atoms with van der Waals surface area (Å²) in [6.07, 6.45) is -0.447. The summed E-state index contributed by atoms with van der Waals surface area (Å²) >= 11 is 0. The molecule has 0 aliphatic carbocycles. The number of fused-ring (bicyclic) bond motifs is 1. The third-order valence-electron chi connectivity index (χ3n) is 7.42. The van der Waals surface area contributed by atoms with E-state index >= 15 is 0 Å². The Hall–Kier alpha value is -4.26. The van der Waals surface area contributed by atoms with Crippen molar-refractivity contribution in [1.82, 2.24) is 15.1 Å². The summed E-state index contributed by atoms with van der Waals surface area (Å²) in [6, 6.07) is 4.39. The van der Waals surface area contributed by atoms with E-state index in [9.17, 15) is 33.1 Å². The Balaban J connectivity index is 1.68. The van der Waals surface area contributed by atoms with Gasteiger partial charge in [0.2, 0.25) is 11.8 Å². The van der Waals surface area contributed by atoms with Crippen molar-refractivity contribution >= 4 is 35.2 Å². The lowest BCUT2D eigenvalue weighted by Crippen LogP contribution is -2.57. The molecule has 0 aromatic heterocycles. The smallest absolute Gasteiger partial charge is 0.407 e. The Morgan fingerprint density at radius 2 is 1.77 bits per heavy atom. The van der Waals surface area contributed by atoms with Gasteiger partial charge in [0, 0.05) is 32.5 Å². The van der Waals surface area contributed by atoms with E-state index < -0.39 is 59.3 Å². The predicted molar refractivity (Wildman–Crippen MR) is 140 cm³/mol. The van der Waals surface area contributed by atoms with Crippen LogP contribution in [0.5, 0.6) is 0 Å². The zero-order valence-electron chi connectivity index (χ0n) is 22.0. The zero-order chi connectivity index (χ0) is 29.1. The number of amides is 4. The summed E-state index contributed by atoms with van der Waals surface area (Å²) in [5, 5.41) is 14.3. The molecule has 3 atom stereocenters. The number of anilines is 2. The molecular formula is C27H31F2N5O6. The number of benzene rings is 2. The molecule has 0 spiro atoms. The number of carbonyl (C=O) groups excluding carboxylic acids is 3. The van der Waals surface area contributed by atoms with Crippen molar-refractivity contribution < 1.29 is 37.8 Å². The van der Waals surface area contributed by atoms with Gasteiger partial charge in [0.05, 0.1) is 0 Å². The van der Waals surface area contributed by atoms with Gasteiger partial charge in [-0.15, -0.1) is 0 Å². The number of halogens is 2. The number of hydrogen-bond acceptors (Lipinski definition) is 6. The third kappa shape index (κ3) is 5.83. The number of carboxylic acid groups (broad SMARTS) is 1. The highest BCUT2D eigenvalue weighted by Crippen LogP contribution is 2.37. The quantitative estimate of drug-likeness (QED) is 0.380. The summed E-state index contributed by atoms with van der Waals surface area (Å²) in [4.78, 5) is 54.2. The van der Waals surface area contributed by atoms with E-state index in [0.717, 1.165) is 23.1 Å². The van der Waals surface area contributed by atoms with E-state index in [1.807, 2.05) is 0 Å². The second-order valence-corrected chi connectivity index (χ2v) is 9.92. The van der Waals surface area contributed by atoms with Gasteiger partial charge in [-0.2, -0.15) is 0 Å². The lowest BCUT2D eigenvalue weighted by molar-refractivity contribution is -0.144. The van der Waals surface area contributed by atoms with Crippen LogP contribution in [0, 0.1) is 17.6 Å². The van der Waals surface area contributed by atoms with E-state index in [1.54, 1.807) is 18.2 Å². The van der Waals surface area contributed by atoms with Gasteiger partial charge in [0.25, 0.3) is 5.91 Å². The fourth-order valence-corrected chi connectivity index (χ4v) is 4.99. The first-order valence-electron chi connectivity index (χ1n) is 12.8. The lowest BCUT2D eigenvalue weighted by Gasteiger charge is -2.35. The maximum Gasteiger partial charge on any atom is 0.407 e. The fraction of sp³-hybridized carbons (Fsp3) is 0.407. The minimum Gasteiger partial charge on any atom is -0.465 e. The van der Waals surface area contributed by atoms with Crippen molar-refractivity contribution in [3.05, 3.63) is 59.2 Å². The number of nitrogens with zero attached hydrogens (tertiary/aromatic N) is 2. The van der Waals surface area contributed by atoms with E-state index in [0.29, 0.717) is 42.9 Å². The SMILES string of the molecule is C[C@@H](C(=O)N[C@H](C(=O)N1Cc2cc(N)ccc2[C@H]1C(=O)Nc1c(F)cccc1F)C1CCOCC1)N(C)C(=O)O. The van der Waals surface area contributed by atoms with Crippen molar-refractivity contribution in [2.24, 2.45) is 5.92 Å². The Morgan fingerprint density at radius 3 is 2.40 bits per heavy atom. The van der Waals surface area contributed by atoms with Crippen LogP contribution in [0.1, 0.15) is 36.9 Å². The van der Waals surface area contributed by atoms with E-state index in [2.05, 4.69) is 10.6 Å². The minimum absolute atomic E-state index is 0.0444. The average molecular weight is 560 g/mol. The van der Waals surface area contributed by atoms with Gasteiger partial charge < -0.3 is 31.1 Å². The van der Waals surface area contributed by atoms with E-state index in [4.69, 9.17) is 10.5 Å². The number of hydrogen-bond donors (Lipinski definition) is 4. The van der Waals surface area contributed by atoms with Crippen molar-refractivity contribution in [3.8, 4) is 0 Å². The van der Waals surface area contributed by atoms with Crippen molar-refractivity contribution in [3.63, 3.8) is 0 Å². The molecule has 0 radical (unpaired) electrons. The molecule has 5 N–H and O–H groups in total. The summed E-state index contributed by atoms with van der Waals surface area (Å²) in [5.41, 5.74) is 6.68. The summed E-state index contributed by atoms with van der Waals surface area (Å²) < 4.78 is 34.1. The third-order valence-corrected chi connectivity index (χ3v) is 7.42. The molecular weight excluding hydrogens is 528 g/mol. The van der Waals surface area contributed by atoms with E-state index in [-0.39, 0.29) is 12.5 Å². The lowest BCUT2D eigenvalue weighted by atomic mass is 9.90. The summed E-state index contributed by atoms with van der Waals surface area (Å²) in [6.45, 7) is 2.05. The maximum absolute atomic E-state index is 14.4. The van der Waals surface area contributed by atoms with Gasteiger partial charge in [-0.25, -0.2) is 13.6 Å². The predicted octanol–water partition coefficient (Wildman–Crippen LogP) is 2.48. The van der Waals surface area contributed by atoms with Crippen LogP contribution in [0.25, 0.3) is 0 Å². The largest absolute Gasteiger partial charge is 0.465 e. The number of rotatable bonds is 7. The Bertz CT molecular complexity index is 1300. The number of nitrogens with two attached hydrogens (primary N) is 1. The van der Waals surface area contributed by atoms with Crippen LogP contribution in [0.2, 0.25) is 0 Å². The Kier molecular flexibility index (Phi) is 8.52. The summed E-state index contributed by atoms with van der Waals surface area (Å²) in [5.74, 6) is -4.47. The number of nitrogens with one attached hydrogen (secondary N) is 2. The molecule has 0 saturated carbocycles. The molecule has 2 aromatic rings. The first-order valence-corrected chi connectivity index (χ1v) is 12.8. The van der Waals surface area contributed by atoms with Crippen molar-refractivity contribution in [1.29, 1.82) is 0 Å². The number of para-hydroxylation sites is 1. The highest BCUT2D eigenvalue weighted by molar-refractivity contribution is 6.00. The molecule has 2 aromatic carbocycles. The number of ether oxygens (including phenoxy) is 1. The van der Waals surface area contributed by atoms with Gasteiger partial charge in [-0.05, 0) is 61.1 Å². The molecule has 2 heterocycles. The molecule has 40 heavy (non-hydrogen) atoms. The molecule has 0 bridgehead atoms. The summed E-state index contributed by atoms with van der Waals surface area (Å²) in [7, 11) is 1.24. The maximum atomic E-state index is 14.4. The molecule has 13 heteroatoms. The molecule has 11 nitrogen and oxygen atoms in total. The normalized spacial score (nSPS) is 18.4. The zero-order valence-corrected chi connectivity index (χ0v) is 22.0. The van der Waals surface area contributed by atoms with Crippen LogP contribution in [0.3, 0.4) is 0 Å². The van der Waals surface area contributed by atoms with Gasteiger partial charge >= 0.3 is 6.09 Å². The van der Waals surface area contributed by atoms with Crippen LogP contribution in [-0.4, -0.2) is 71.1 Å². The standard InChI is InChI=1S/C27H31F2N5O6/c1-14(33(2)27(38)39)24(35)31-21(15-8-10-40-11-9-15)26(37)34-13-16-12-17(30)6-7-18(16)23(34)25(36)32-22-19(28)4-3-5-20(22)29/h3-7,12,14-15,21,23H,8-11,13,30H2,1-2H3,(H,31,35)(H,32,36)(H,38,39)/t14-,21-,23-/m0/s1. The minimum atomic E-state index is -1.32. The van der Waals surface area contributed by atoms with Gasteiger partial charge in [-0.3, -0.25) is 19.3 Å².